The van der Waals surface area contributed by atoms with E-state index in [1.54, 1.807) is 20.4 Å². The van der Waals surface area contributed by atoms with Gasteiger partial charge in [-0.1, -0.05) is 5.92 Å². The molecule has 98 valence electrons. The largest absolute Gasteiger partial charge is 0.493 e. The van der Waals surface area contributed by atoms with Gasteiger partial charge in [-0.15, -0.1) is 6.42 Å². The Balaban J connectivity index is 2.58. The van der Waals surface area contributed by atoms with Crippen LogP contribution in [-0.4, -0.2) is 25.2 Å². The topological polar surface area (TPSA) is 43.4 Å². The lowest BCUT2D eigenvalue weighted by Gasteiger charge is -2.13. The minimum absolute atomic E-state index is 0.0915. The van der Waals surface area contributed by atoms with E-state index in [1.165, 1.54) is 0 Å². The van der Waals surface area contributed by atoms with Crippen LogP contribution in [0.25, 0.3) is 10.8 Å². The van der Waals surface area contributed by atoms with E-state index in [1.807, 2.05) is 25.1 Å². The highest BCUT2D eigenvalue weighted by atomic mass is 16.5. The Morgan fingerprint density at radius 2 is 1.95 bits per heavy atom. The van der Waals surface area contributed by atoms with E-state index < -0.39 is 0 Å². The van der Waals surface area contributed by atoms with Gasteiger partial charge >= 0.3 is 0 Å². The fraction of sp³-hybridized carbons (Fsp3) is 0.267. The molecule has 0 aliphatic heterocycles. The van der Waals surface area contributed by atoms with Crippen LogP contribution >= 0.6 is 0 Å². The number of rotatable bonds is 4. The summed E-state index contributed by atoms with van der Waals surface area (Å²) in [7, 11) is 3.22. The molecular weight excluding hydrogens is 240 g/mol. The molecule has 0 saturated heterocycles. The highest BCUT2D eigenvalue weighted by molar-refractivity contribution is 5.94. The molecule has 2 aromatic rings. The van der Waals surface area contributed by atoms with Gasteiger partial charge in [0.15, 0.2) is 11.5 Å². The summed E-state index contributed by atoms with van der Waals surface area (Å²) in [5.41, 5.74) is 0. The molecule has 0 spiro atoms. The number of methoxy groups -OCH3 is 2. The number of nitrogens with one attached hydrogen (secondary N) is 1. The van der Waals surface area contributed by atoms with Gasteiger partial charge in [0.05, 0.1) is 20.3 Å². The smallest absolute Gasteiger partial charge is 0.161 e. The Labute approximate surface area is 112 Å². The first kappa shape index (κ1) is 13.0. The molecule has 0 aliphatic carbocycles. The summed E-state index contributed by atoms with van der Waals surface area (Å²) in [6, 6.07) is 5.64. The van der Waals surface area contributed by atoms with E-state index in [2.05, 4.69) is 16.2 Å². The predicted octanol–water partition coefficient (Wildman–Crippen LogP) is 2.69. The van der Waals surface area contributed by atoms with E-state index in [0.717, 1.165) is 16.6 Å². The van der Waals surface area contributed by atoms with E-state index in [4.69, 9.17) is 15.9 Å². The molecule has 0 fully saturated rings. The van der Waals surface area contributed by atoms with Crippen molar-refractivity contribution in [3.63, 3.8) is 0 Å². The molecule has 1 unspecified atom stereocenters. The van der Waals surface area contributed by atoms with Crippen LogP contribution in [0.5, 0.6) is 11.5 Å². The number of nitrogens with zero attached hydrogens (tertiary/aromatic N) is 1. The van der Waals surface area contributed by atoms with Gasteiger partial charge < -0.3 is 14.8 Å². The average molecular weight is 256 g/mol. The van der Waals surface area contributed by atoms with E-state index >= 15 is 0 Å². The molecule has 1 aromatic heterocycles. The van der Waals surface area contributed by atoms with Crippen molar-refractivity contribution in [3.8, 4) is 23.8 Å². The van der Waals surface area contributed by atoms with Gasteiger partial charge in [0, 0.05) is 11.6 Å². The van der Waals surface area contributed by atoms with Gasteiger partial charge in [0.2, 0.25) is 0 Å². The molecule has 19 heavy (non-hydrogen) atoms. The van der Waals surface area contributed by atoms with Crippen LogP contribution in [0, 0.1) is 12.3 Å². The van der Waals surface area contributed by atoms with Gasteiger partial charge in [-0.05, 0) is 30.5 Å². The first-order valence-corrected chi connectivity index (χ1v) is 5.93. The second kappa shape index (κ2) is 5.49. The van der Waals surface area contributed by atoms with Crippen molar-refractivity contribution >= 4 is 16.6 Å². The number of fused-ring (bicyclic) bond motifs is 1. The second-order valence-electron chi connectivity index (χ2n) is 4.12. The van der Waals surface area contributed by atoms with Crippen LogP contribution in [0.2, 0.25) is 0 Å². The Morgan fingerprint density at radius 3 is 2.58 bits per heavy atom. The first-order chi connectivity index (χ1) is 9.19. The number of hydrogen-bond acceptors (Lipinski definition) is 4. The standard InChI is InChI=1S/C15H16N2O2/c1-5-10(2)17-15-12-9-14(19-4)13(18-3)8-11(12)6-7-16-15/h1,6-10H,2-4H3,(H,16,17). The summed E-state index contributed by atoms with van der Waals surface area (Å²) in [6.45, 7) is 1.90. The van der Waals surface area contributed by atoms with Gasteiger partial charge in [0.1, 0.15) is 5.82 Å². The number of pyridine rings is 1. The monoisotopic (exact) mass is 256 g/mol. The van der Waals surface area contributed by atoms with Gasteiger partial charge in [-0.25, -0.2) is 4.98 Å². The van der Waals surface area contributed by atoms with Gasteiger partial charge in [0.25, 0.3) is 0 Å². The number of hydrogen-bond donors (Lipinski definition) is 1. The number of terminal acetylenes is 1. The third-order valence-electron chi connectivity index (χ3n) is 2.87. The summed E-state index contributed by atoms with van der Waals surface area (Å²) in [6.07, 6.45) is 7.12. The van der Waals surface area contributed by atoms with Crippen LogP contribution in [0.4, 0.5) is 5.82 Å². The summed E-state index contributed by atoms with van der Waals surface area (Å²) in [5, 5.41) is 5.14. The molecule has 0 radical (unpaired) electrons. The van der Waals surface area contributed by atoms with Crippen molar-refractivity contribution in [2.45, 2.75) is 13.0 Å². The Hall–Kier alpha value is -2.41. The average Bonchev–Trinajstić information content (AvgIpc) is 2.45. The Morgan fingerprint density at radius 1 is 1.26 bits per heavy atom. The third kappa shape index (κ3) is 2.55. The molecule has 0 bridgehead atoms. The van der Waals surface area contributed by atoms with Crippen LogP contribution in [0.1, 0.15) is 6.92 Å². The zero-order chi connectivity index (χ0) is 13.8. The predicted molar refractivity (Wildman–Crippen MR) is 76.8 cm³/mol. The molecular formula is C15H16N2O2. The summed E-state index contributed by atoms with van der Waals surface area (Å²) in [4.78, 5) is 4.32. The highest BCUT2D eigenvalue weighted by Gasteiger charge is 2.10. The van der Waals surface area contributed by atoms with Crippen molar-refractivity contribution in [2.24, 2.45) is 0 Å². The molecule has 1 heterocycles. The Bertz CT molecular complexity index is 632. The lowest BCUT2D eigenvalue weighted by molar-refractivity contribution is 0.356. The summed E-state index contributed by atoms with van der Waals surface area (Å²) in [5.74, 6) is 4.72. The first-order valence-electron chi connectivity index (χ1n) is 5.93. The quantitative estimate of drug-likeness (QED) is 0.854. The minimum Gasteiger partial charge on any atom is -0.493 e. The van der Waals surface area contributed by atoms with Gasteiger partial charge in [-0.3, -0.25) is 0 Å². The Kier molecular flexibility index (Phi) is 3.76. The van der Waals surface area contributed by atoms with Crippen LogP contribution in [0.3, 0.4) is 0 Å². The molecule has 4 nitrogen and oxygen atoms in total. The van der Waals surface area contributed by atoms with Crippen molar-refractivity contribution in [2.75, 3.05) is 19.5 Å². The zero-order valence-corrected chi connectivity index (χ0v) is 11.2. The number of aromatic nitrogens is 1. The maximum absolute atomic E-state index is 5.38. The van der Waals surface area contributed by atoms with Crippen molar-refractivity contribution in [1.29, 1.82) is 0 Å². The maximum atomic E-state index is 5.38. The third-order valence-corrected chi connectivity index (χ3v) is 2.87. The van der Waals surface area contributed by atoms with Crippen molar-refractivity contribution < 1.29 is 9.47 Å². The minimum atomic E-state index is -0.0915. The van der Waals surface area contributed by atoms with E-state index in [9.17, 15) is 0 Å². The molecule has 0 amide bonds. The molecule has 1 aromatic carbocycles. The molecule has 0 aliphatic rings. The van der Waals surface area contributed by atoms with Crippen molar-refractivity contribution in [1.82, 2.24) is 4.98 Å². The number of anilines is 1. The lowest BCUT2D eigenvalue weighted by Crippen LogP contribution is -2.13. The summed E-state index contributed by atoms with van der Waals surface area (Å²) >= 11 is 0. The zero-order valence-electron chi connectivity index (χ0n) is 11.2. The maximum Gasteiger partial charge on any atom is 0.161 e. The van der Waals surface area contributed by atoms with E-state index in [0.29, 0.717) is 11.5 Å². The lowest BCUT2D eigenvalue weighted by atomic mass is 10.1. The number of ether oxygens (including phenoxy) is 2. The molecule has 4 heteroatoms. The van der Waals surface area contributed by atoms with Gasteiger partial charge in [-0.2, -0.15) is 0 Å². The van der Waals surface area contributed by atoms with Crippen LogP contribution in [-0.2, 0) is 0 Å². The van der Waals surface area contributed by atoms with Crippen LogP contribution in [0.15, 0.2) is 24.4 Å². The number of benzene rings is 1. The fourth-order valence-electron chi connectivity index (χ4n) is 1.86. The van der Waals surface area contributed by atoms with Crippen LogP contribution < -0.4 is 14.8 Å². The normalized spacial score (nSPS) is 11.7. The molecule has 0 saturated carbocycles. The second-order valence-corrected chi connectivity index (χ2v) is 4.12. The fourth-order valence-corrected chi connectivity index (χ4v) is 1.86. The SMILES string of the molecule is C#CC(C)Nc1nccc2cc(OC)c(OC)cc12. The molecule has 1 atom stereocenters. The molecule has 2 rings (SSSR count). The highest BCUT2D eigenvalue weighted by Crippen LogP contribution is 2.34. The molecule has 1 N–H and O–H groups in total. The summed E-state index contributed by atoms with van der Waals surface area (Å²) < 4.78 is 10.6. The van der Waals surface area contributed by atoms with E-state index in [-0.39, 0.29) is 6.04 Å². The van der Waals surface area contributed by atoms with Crippen molar-refractivity contribution in [3.05, 3.63) is 24.4 Å².